The number of carbonyl (C=O) groups excluding carboxylic acids is 1. The monoisotopic (exact) mass is 437 g/mol. The average Bonchev–Trinajstić information content (AvgIpc) is 3.37. The molecule has 0 N–H and O–H groups in total. The van der Waals surface area contributed by atoms with Crippen LogP contribution in [0.3, 0.4) is 0 Å². The van der Waals surface area contributed by atoms with E-state index in [9.17, 15) is 4.79 Å². The minimum Gasteiger partial charge on any atom is -0.497 e. The number of amides is 1. The molecule has 1 unspecified atom stereocenters. The zero-order chi connectivity index (χ0) is 22.7. The number of hydrogen-bond donors (Lipinski definition) is 0. The first-order valence-electron chi connectivity index (χ1n) is 11.0. The van der Waals surface area contributed by atoms with Gasteiger partial charge in [0.25, 0.3) is 6.01 Å². The number of ether oxygens (including phenoxy) is 3. The second-order valence-corrected chi connectivity index (χ2v) is 9.21. The number of likely N-dealkylation sites (tertiary alicyclic amines) is 1. The molecule has 2 aromatic carbocycles. The number of benzene rings is 2. The van der Waals surface area contributed by atoms with Crippen molar-refractivity contribution in [1.29, 1.82) is 0 Å². The summed E-state index contributed by atoms with van der Waals surface area (Å²) >= 11 is 0. The van der Waals surface area contributed by atoms with Gasteiger partial charge in [-0.1, -0.05) is 24.3 Å². The molecule has 170 valence electrons. The highest BCUT2D eigenvalue weighted by atomic mass is 16.6. The third kappa shape index (κ3) is 5.15. The molecule has 0 spiro atoms. The molecule has 1 aromatic heterocycles. The predicted octanol–water partition coefficient (Wildman–Crippen LogP) is 4.73. The Morgan fingerprint density at radius 2 is 1.88 bits per heavy atom. The Kier molecular flexibility index (Phi) is 6.26. The van der Waals surface area contributed by atoms with E-state index >= 15 is 0 Å². The average molecular weight is 438 g/mol. The normalized spacial score (nSPS) is 16.4. The van der Waals surface area contributed by atoms with E-state index in [4.69, 9.17) is 19.2 Å². The Morgan fingerprint density at radius 3 is 2.59 bits per heavy atom. The van der Waals surface area contributed by atoms with E-state index in [1.165, 1.54) is 0 Å². The smallest absolute Gasteiger partial charge is 0.410 e. The topological polar surface area (TPSA) is 65.8 Å². The van der Waals surface area contributed by atoms with Gasteiger partial charge in [-0.05, 0) is 57.0 Å². The van der Waals surface area contributed by atoms with Crippen LogP contribution in [-0.4, -0.2) is 53.0 Å². The molecule has 0 saturated carbocycles. The van der Waals surface area contributed by atoms with Crippen LogP contribution in [0.25, 0.3) is 11.0 Å². The zero-order valence-corrected chi connectivity index (χ0v) is 19.2. The lowest BCUT2D eigenvalue weighted by atomic mass is 10.1. The quantitative estimate of drug-likeness (QED) is 0.558. The summed E-state index contributed by atoms with van der Waals surface area (Å²) in [5.41, 5.74) is 2.58. The molecule has 1 saturated heterocycles. The van der Waals surface area contributed by atoms with Crippen LogP contribution in [0, 0.1) is 5.92 Å². The third-order valence-corrected chi connectivity index (χ3v) is 5.50. The number of aromatic nitrogens is 2. The SMILES string of the molecule is COc1ccc(Cn2c(OCC3CCN(C(=O)OC(C)(C)C)C3)nc3ccccc32)cc1. The standard InChI is InChI=1S/C25H31N3O4/c1-25(2,3)32-24(29)27-14-13-19(15-27)17-31-23-26-21-7-5-6-8-22(21)28(23)16-18-9-11-20(30-4)12-10-18/h5-12,19H,13-17H2,1-4H3. The van der Waals surface area contributed by atoms with E-state index in [1.54, 1.807) is 12.0 Å². The van der Waals surface area contributed by atoms with Gasteiger partial charge in [0.2, 0.25) is 0 Å². The number of imidazole rings is 1. The van der Waals surface area contributed by atoms with Crippen LogP contribution in [0.15, 0.2) is 48.5 Å². The van der Waals surface area contributed by atoms with Gasteiger partial charge in [-0.2, -0.15) is 4.98 Å². The molecular weight excluding hydrogens is 406 g/mol. The lowest BCUT2D eigenvalue weighted by molar-refractivity contribution is 0.0284. The Labute approximate surface area is 188 Å². The highest BCUT2D eigenvalue weighted by Gasteiger charge is 2.30. The predicted molar refractivity (Wildman–Crippen MR) is 123 cm³/mol. The molecule has 1 aliphatic heterocycles. The second-order valence-electron chi connectivity index (χ2n) is 9.21. The molecule has 3 aromatic rings. The fraction of sp³-hybridized carbons (Fsp3) is 0.440. The van der Waals surface area contributed by atoms with Crippen LogP contribution >= 0.6 is 0 Å². The third-order valence-electron chi connectivity index (χ3n) is 5.50. The maximum absolute atomic E-state index is 12.3. The minimum absolute atomic E-state index is 0.247. The lowest BCUT2D eigenvalue weighted by Gasteiger charge is -2.24. The van der Waals surface area contributed by atoms with Gasteiger partial charge in [0.1, 0.15) is 11.4 Å². The van der Waals surface area contributed by atoms with E-state index in [2.05, 4.69) is 10.6 Å². The molecule has 0 aliphatic carbocycles. The first-order chi connectivity index (χ1) is 15.3. The van der Waals surface area contributed by atoms with Crippen molar-refractivity contribution in [1.82, 2.24) is 14.5 Å². The highest BCUT2D eigenvalue weighted by molar-refractivity contribution is 5.76. The summed E-state index contributed by atoms with van der Waals surface area (Å²) in [5, 5.41) is 0. The molecule has 1 aliphatic rings. The maximum Gasteiger partial charge on any atom is 0.410 e. The van der Waals surface area contributed by atoms with Crippen LogP contribution in [0.2, 0.25) is 0 Å². The van der Waals surface area contributed by atoms with Crippen molar-refractivity contribution in [2.45, 2.75) is 39.3 Å². The molecule has 32 heavy (non-hydrogen) atoms. The fourth-order valence-corrected chi connectivity index (χ4v) is 3.88. The van der Waals surface area contributed by atoms with Crippen molar-refractivity contribution in [2.24, 2.45) is 5.92 Å². The molecule has 2 heterocycles. The van der Waals surface area contributed by atoms with Gasteiger partial charge in [0, 0.05) is 19.0 Å². The van der Waals surface area contributed by atoms with Crippen molar-refractivity contribution < 1.29 is 19.0 Å². The summed E-state index contributed by atoms with van der Waals surface area (Å²) in [6, 6.07) is 16.6. The zero-order valence-electron chi connectivity index (χ0n) is 19.2. The first kappa shape index (κ1) is 22.0. The minimum atomic E-state index is -0.488. The summed E-state index contributed by atoms with van der Waals surface area (Å²) in [5.74, 6) is 1.08. The molecule has 4 rings (SSSR count). The lowest BCUT2D eigenvalue weighted by Crippen LogP contribution is -2.35. The van der Waals surface area contributed by atoms with Gasteiger partial charge >= 0.3 is 6.09 Å². The van der Waals surface area contributed by atoms with Gasteiger partial charge < -0.3 is 19.1 Å². The number of methoxy groups -OCH3 is 1. The van der Waals surface area contributed by atoms with Crippen molar-refractivity contribution in [3.63, 3.8) is 0 Å². The van der Waals surface area contributed by atoms with Gasteiger partial charge in [0.05, 0.1) is 31.3 Å². The number of fused-ring (bicyclic) bond motifs is 1. The molecule has 0 radical (unpaired) electrons. The van der Waals surface area contributed by atoms with E-state index < -0.39 is 5.60 Å². The van der Waals surface area contributed by atoms with Gasteiger partial charge in [-0.3, -0.25) is 4.57 Å². The summed E-state index contributed by atoms with van der Waals surface area (Å²) < 4.78 is 19.1. The molecule has 7 nitrogen and oxygen atoms in total. The largest absolute Gasteiger partial charge is 0.497 e. The number of carbonyl (C=O) groups is 1. The number of nitrogens with zero attached hydrogens (tertiary/aromatic N) is 3. The summed E-state index contributed by atoms with van der Waals surface area (Å²) in [6.07, 6.45) is 0.629. The van der Waals surface area contributed by atoms with Crippen molar-refractivity contribution in [3.8, 4) is 11.8 Å². The van der Waals surface area contributed by atoms with Gasteiger partial charge in [0.15, 0.2) is 0 Å². The Hall–Kier alpha value is -3.22. The van der Waals surface area contributed by atoms with Gasteiger partial charge in [-0.15, -0.1) is 0 Å². The second kappa shape index (κ2) is 9.10. The number of hydrogen-bond acceptors (Lipinski definition) is 5. The van der Waals surface area contributed by atoms with Gasteiger partial charge in [-0.25, -0.2) is 4.79 Å². The van der Waals surface area contributed by atoms with E-state index in [-0.39, 0.29) is 12.0 Å². The van der Waals surface area contributed by atoms with Crippen LogP contribution in [-0.2, 0) is 11.3 Å². The Bertz CT molecular complexity index is 1070. The van der Waals surface area contributed by atoms with E-state index in [0.29, 0.717) is 32.3 Å². The maximum atomic E-state index is 12.3. The summed E-state index contributed by atoms with van der Waals surface area (Å²) in [6.45, 7) is 8.12. The Morgan fingerprint density at radius 1 is 1.12 bits per heavy atom. The molecule has 1 fully saturated rings. The number of para-hydroxylation sites is 2. The Balaban J connectivity index is 1.45. The molecule has 1 amide bonds. The molecule has 0 bridgehead atoms. The summed E-state index contributed by atoms with van der Waals surface area (Å²) in [7, 11) is 1.66. The van der Waals surface area contributed by atoms with Crippen LogP contribution in [0.5, 0.6) is 11.8 Å². The summed E-state index contributed by atoms with van der Waals surface area (Å²) in [4.78, 5) is 18.8. The van der Waals surface area contributed by atoms with Crippen molar-refractivity contribution in [3.05, 3.63) is 54.1 Å². The van der Waals surface area contributed by atoms with Crippen molar-refractivity contribution >= 4 is 17.1 Å². The number of rotatable bonds is 6. The molecule has 1 atom stereocenters. The van der Waals surface area contributed by atoms with Crippen LogP contribution in [0.1, 0.15) is 32.8 Å². The molecule has 7 heteroatoms. The molecular formula is C25H31N3O4. The highest BCUT2D eigenvalue weighted by Crippen LogP contribution is 2.26. The fourth-order valence-electron chi connectivity index (χ4n) is 3.88. The van der Waals surface area contributed by atoms with Crippen LogP contribution < -0.4 is 9.47 Å². The van der Waals surface area contributed by atoms with E-state index in [1.807, 2.05) is 63.2 Å². The van der Waals surface area contributed by atoms with E-state index in [0.717, 1.165) is 28.8 Å². The van der Waals surface area contributed by atoms with Crippen molar-refractivity contribution in [2.75, 3.05) is 26.8 Å². The first-order valence-corrected chi connectivity index (χ1v) is 11.0. The van der Waals surface area contributed by atoms with Crippen LogP contribution in [0.4, 0.5) is 4.79 Å².